The van der Waals surface area contributed by atoms with Gasteiger partial charge in [-0.15, -0.1) is 0 Å². The molecule has 0 heterocycles. The highest BCUT2D eigenvalue weighted by Gasteiger charge is 2.14. The number of carbonyl (C=O) groups is 1. The Hall–Kier alpha value is -0.870. The molecule has 1 rings (SSSR count). The van der Waals surface area contributed by atoms with Gasteiger partial charge in [-0.25, -0.2) is 4.79 Å². The van der Waals surface area contributed by atoms with Crippen LogP contribution in [0.5, 0.6) is 0 Å². The molecule has 1 aromatic rings. The fourth-order valence-corrected chi connectivity index (χ4v) is 1.52. The third kappa shape index (κ3) is 3.61. The minimum atomic E-state index is -0.344. The van der Waals surface area contributed by atoms with Crippen LogP contribution >= 0.6 is 15.9 Å². The molecule has 0 aliphatic carbocycles. The van der Waals surface area contributed by atoms with E-state index in [2.05, 4.69) is 15.9 Å². The van der Waals surface area contributed by atoms with E-state index in [1.54, 1.807) is 18.2 Å². The van der Waals surface area contributed by atoms with Gasteiger partial charge in [0.1, 0.15) is 6.61 Å². The molecule has 0 aliphatic rings. The molecule has 1 aromatic carbocycles. The van der Waals surface area contributed by atoms with E-state index in [4.69, 9.17) is 10.5 Å². The van der Waals surface area contributed by atoms with E-state index in [0.717, 1.165) is 4.47 Å². The first kappa shape index (κ1) is 13.2. The number of halogens is 1. The lowest BCUT2D eigenvalue weighted by atomic mass is 10.1. The maximum Gasteiger partial charge on any atom is 0.339 e. The molecule has 0 bridgehead atoms. The minimum absolute atomic E-state index is 0.119. The third-order valence-corrected chi connectivity index (χ3v) is 3.05. The van der Waals surface area contributed by atoms with Crippen LogP contribution in [-0.4, -0.2) is 18.6 Å². The summed E-state index contributed by atoms with van der Waals surface area (Å²) < 4.78 is 5.87. The zero-order valence-corrected chi connectivity index (χ0v) is 11.0. The molecular weight excluding hydrogens is 270 g/mol. The zero-order chi connectivity index (χ0) is 12.1. The summed E-state index contributed by atoms with van der Waals surface area (Å²) in [6.45, 7) is 4.24. The number of benzene rings is 1. The van der Waals surface area contributed by atoms with Gasteiger partial charge in [-0.05, 0) is 34.0 Å². The van der Waals surface area contributed by atoms with E-state index >= 15 is 0 Å². The second kappa shape index (κ2) is 6.01. The highest BCUT2D eigenvalue weighted by Crippen LogP contribution is 2.16. The Morgan fingerprint density at radius 3 is 2.62 bits per heavy atom. The molecule has 0 saturated carbocycles. The van der Waals surface area contributed by atoms with Crippen molar-refractivity contribution in [2.45, 2.75) is 19.9 Å². The molecule has 0 aliphatic heterocycles. The van der Waals surface area contributed by atoms with Crippen LogP contribution < -0.4 is 5.73 Å². The van der Waals surface area contributed by atoms with Crippen LogP contribution in [0, 0.1) is 5.92 Å². The van der Waals surface area contributed by atoms with E-state index in [1.165, 1.54) is 0 Å². The number of hydrogen-bond donors (Lipinski definition) is 1. The van der Waals surface area contributed by atoms with Gasteiger partial charge < -0.3 is 10.5 Å². The lowest BCUT2D eigenvalue weighted by Gasteiger charge is -2.15. The molecule has 2 N–H and O–H groups in total. The van der Waals surface area contributed by atoms with Gasteiger partial charge >= 0.3 is 5.97 Å². The van der Waals surface area contributed by atoms with Gasteiger partial charge in [-0.3, -0.25) is 0 Å². The van der Waals surface area contributed by atoms with Crippen LogP contribution in [0.15, 0.2) is 28.7 Å². The average molecular weight is 286 g/mol. The van der Waals surface area contributed by atoms with Crippen LogP contribution in [0.2, 0.25) is 0 Å². The second-order valence-corrected chi connectivity index (χ2v) is 4.84. The van der Waals surface area contributed by atoms with Crippen molar-refractivity contribution >= 4 is 21.9 Å². The van der Waals surface area contributed by atoms with Crippen LogP contribution in [0.1, 0.15) is 24.2 Å². The van der Waals surface area contributed by atoms with E-state index in [0.29, 0.717) is 11.5 Å². The summed E-state index contributed by atoms with van der Waals surface area (Å²) >= 11 is 3.30. The molecule has 16 heavy (non-hydrogen) atoms. The molecule has 1 atom stereocenters. The number of ether oxygens (including phenoxy) is 1. The van der Waals surface area contributed by atoms with Crippen LogP contribution in [0.3, 0.4) is 0 Å². The molecule has 0 amide bonds. The number of hydrogen-bond acceptors (Lipinski definition) is 3. The average Bonchev–Trinajstić information content (AvgIpc) is 2.25. The van der Waals surface area contributed by atoms with Crippen molar-refractivity contribution in [2.75, 3.05) is 6.61 Å². The number of rotatable bonds is 4. The predicted octanol–water partition coefficient (Wildman–Crippen LogP) is 2.59. The Bertz CT molecular complexity index is 366. The number of nitrogens with two attached hydrogens (primary N) is 1. The Balaban J connectivity index is 2.57. The maximum atomic E-state index is 11.7. The lowest BCUT2D eigenvalue weighted by Crippen LogP contribution is -2.32. The molecule has 0 fully saturated rings. The van der Waals surface area contributed by atoms with Gasteiger partial charge in [-0.2, -0.15) is 0 Å². The first-order chi connectivity index (χ1) is 7.52. The standard InChI is InChI=1S/C12H16BrNO2/c1-8(2)11(14)7-16-12(15)9-5-3-4-6-10(9)13/h3-6,8,11H,7,14H2,1-2H3. The van der Waals surface area contributed by atoms with E-state index < -0.39 is 0 Å². The van der Waals surface area contributed by atoms with Gasteiger partial charge in [0.05, 0.1) is 5.56 Å². The van der Waals surface area contributed by atoms with Crippen molar-refractivity contribution < 1.29 is 9.53 Å². The van der Waals surface area contributed by atoms with Gasteiger partial charge in [0, 0.05) is 10.5 Å². The normalized spacial score (nSPS) is 12.6. The van der Waals surface area contributed by atoms with Gasteiger partial charge in [0.2, 0.25) is 0 Å². The lowest BCUT2D eigenvalue weighted by molar-refractivity contribution is 0.0462. The summed E-state index contributed by atoms with van der Waals surface area (Å²) in [4.78, 5) is 11.7. The fraction of sp³-hybridized carbons (Fsp3) is 0.417. The number of carbonyl (C=O) groups excluding carboxylic acids is 1. The topological polar surface area (TPSA) is 52.3 Å². The summed E-state index contributed by atoms with van der Waals surface area (Å²) in [5.41, 5.74) is 6.32. The van der Waals surface area contributed by atoms with E-state index in [-0.39, 0.29) is 18.6 Å². The van der Waals surface area contributed by atoms with Crippen molar-refractivity contribution in [3.05, 3.63) is 34.3 Å². The molecular formula is C12H16BrNO2. The summed E-state index contributed by atoms with van der Waals surface area (Å²) in [6, 6.07) is 7.04. The Morgan fingerprint density at radius 1 is 1.44 bits per heavy atom. The fourth-order valence-electron chi connectivity index (χ4n) is 1.07. The summed E-state index contributed by atoms with van der Waals surface area (Å²) in [5, 5.41) is 0. The van der Waals surface area contributed by atoms with Crippen molar-refractivity contribution in [1.29, 1.82) is 0 Å². The molecule has 1 unspecified atom stereocenters. The first-order valence-corrected chi connectivity index (χ1v) is 5.99. The highest BCUT2D eigenvalue weighted by molar-refractivity contribution is 9.10. The summed E-state index contributed by atoms with van der Waals surface area (Å²) in [7, 11) is 0. The smallest absolute Gasteiger partial charge is 0.339 e. The predicted molar refractivity (Wildman–Crippen MR) is 67.2 cm³/mol. The Morgan fingerprint density at radius 2 is 2.06 bits per heavy atom. The van der Waals surface area contributed by atoms with Crippen LogP contribution in [0.4, 0.5) is 0 Å². The molecule has 0 radical (unpaired) electrons. The van der Waals surface area contributed by atoms with Crippen LogP contribution in [-0.2, 0) is 4.74 Å². The Kier molecular flexibility index (Phi) is 4.96. The third-order valence-electron chi connectivity index (χ3n) is 2.36. The van der Waals surface area contributed by atoms with Crippen molar-refractivity contribution in [2.24, 2.45) is 11.7 Å². The van der Waals surface area contributed by atoms with Gasteiger partial charge in [0.25, 0.3) is 0 Å². The quantitative estimate of drug-likeness (QED) is 0.865. The molecule has 4 heteroatoms. The number of esters is 1. The minimum Gasteiger partial charge on any atom is -0.460 e. The highest BCUT2D eigenvalue weighted by atomic mass is 79.9. The largest absolute Gasteiger partial charge is 0.460 e. The second-order valence-electron chi connectivity index (χ2n) is 3.99. The first-order valence-electron chi connectivity index (χ1n) is 5.19. The SMILES string of the molecule is CC(C)C(N)COC(=O)c1ccccc1Br. The van der Waals surface area contributed by atoms with Crippen molar-refractivity contribution in [3.8, 4) is 0 Å². The van der Waals surface area contributed by atoms with E-state index in [1.807, 2.05) is 19.9 Å². The zero-order valence-electron chi connectivity index (χ0n) is 9.44. The summed E-state index contributed by atoms with van der Waals surface area (Å²) in [5.74, 6) is -0.0458. The van der Waals surface area contributed by atoms with Crippen LogP contribution in [0.25, 0.3) is 0 Å². The maximum absolute atomic E-state index is 11.7. The Labute approximate surface area is 104 Å². The molecule has 3 nitrogen and oxygen atoms in total. The van der Waals surface area contributed by atoms with E-state index in [9.17, 15) is 4.79 Å². The molecule has 0 saturated heterocycles. The van der Waals surface area contributed by atoms with Gasteiger partial charge in [0.15, 0.2) is 0 Å². The van der Waals surface area contributed by atoms with Crippen molar-refractivity contribution in [3.63, 3.8) is 0 Å². The van der Waals surface area contributed by atoms with Crippen molar-refractivity contribution in [1.82, 2.24) is 0 Å². The molecule has 0 spiro atoms. The van der Waals surface area contributed by atoms with Gasteiger partial charge in [-0.1, -0.05) is 26.0 Å². The summed E-state index contributed by atoms with van der Waals surface area (Å²) in [6.07, 6.45) is 0. The monoisotopic (exact) mass is 285 g/mol. The molecule has 0 aromatic heterocycles. The molecule has 88 valence electrons.